The molecule has 0 aromatic heterocycles. The van der Waals surface area contributed by atoms with Gasteiger partial charge in [0.15, 0.2) is 12.5 Å². The van der Waals surface area contributed by atoms with E-state index >= 15 is 0 Å². The molecule has 21 nitrogen and oxygen atoms in total. The molecular formula is C21H41NO20. The zero-order chi connectivity index (χ0) is 54.4. The number of Topliss-reactive ketones (excluding diaryl/α,β-unsaturated/α-hetero) is 1. The van der Waals surface area contributed by atoms with Crippen LogP contribution in [0.25, 0.3) is 0 Å². The minimum Gasteiger partial charge on any atom is -0.480 e. The van der Waals surface area contributed by atoms with E-state index < -0.39 is 131 Å². The molecule has 0 aromatic rings. The first-order chi connectivity index (χ1) is 27.5. The molecule has 2 heterocycles. The Morgan fingerprint density at radius 1 is 0.738 bits per heavy atom. The van der Waals surface area contributed by atoms with Crippen LogP contribution in [0.5, 0.6) is 0 Å². The molecule has 2 saturated heterocycles. The number of carbonyl (C=O) groups excluding carboxylic acids is 1. The number of carboxylic acid groups (broad SMARTS) is 3. The van der Waals surface area contributed by atoms with Gasteiger partial charge in [-0.1, -0.05) is 0 Å². The van der Waals surface area contributed by atoms with E-state index in [0.717, 1.165) is 0 Å². The Morgan fingerprint density at radius 3 is 1.26 bits per heavy atom. The topological polar surface area (TPSA) is 396 Å². The zero-order valence-electron chi connectivity index (χ0n) is 42.9. The van der Waals surface area contributed by atoms with Crippen LogP contribution in [0.4, 0.5) is 0 Å². The number of aliphatic carboxylic acids is 3. The summed E-state index contributed by atoms with van der Waals surface area (Å²) in [5.41, 5.74) is 4.73. The van der Waals surface area contributed by atoms with E-state index in [1.807, 2.05) is 0 Å². The van der Waals surface area contributed by atoms with Gasteiger partial charge in [0.2, 0.25) is 5.78 Å². The van der Waals surface area contributed by atoms with E-state index in [1.165, 1.54) is 0 Å². The number of aliphatic hydroxyl groups is 11. The first-order valence-corrected chi connectivity index (χ1v) is 9.29. The predicted octanol–water partition coefficient (Wildman–Crippen LogP) is -7.91. The SMILES string of the molecule is [2H][13C]([2H])(O)[13C]1([2H])O[13C@@]([2H])(O)[13C]([2H])(O)[13C@@]([2H])(O)[13C@]1([2H])O.[2H][13C]([2H])(O)[13C]1([2H])O[13C@]([2H])(O)[13C]([2H])(O)[13C@@]([2H])(O)[13C@]1([2H])O.[2H][13C]([2H])([2H])[13CH](N)C(=O)O.[2H][13C]([2H])([2H])[13CH](O)[13C](=O)O.[2H][13C]([2H])([2H])[13C](=O)[13C](=O)O. The molecule has 2 aliphatic rings. The molecule has 0 amide bonds. The van der Waals surface area contributed by atoms with E-state index in [1.54, 1.807) is 0 Å². The van der Waals surface area contributed by atoms with Crippen LogP contribution in [0.15, 0.2) is 0 Å². The molecule has 6 unspecified atom stereocenters. The summed E-state index contributed by atoms with van der Waals surface area (Å²) in [6.07, 6.45) is -42.8. The van der Waals surface area contributed by atoms with Gasteiger partial charge in [0.05, 0.1) is 32.3 Å². The molecule has 21 heteroatoms. The van der Waals surface area contributed by atoms with Crippen LogP contribution in [0.1, 0.15) is 52.1 Å². The lowest BCUT2D eigenvalue weighted by Crippen LogP contribution is -2.58. The van der Waals surface area contributed by atoms with Gasteiger partial charge in [-0.05, 0) is 13.7 Å². The third kappa shape index (κ3) is 17.5. The Bertz CT molecular complexity index is 1600. The van der Waals surface area contributed by atoms with Crippen molar-refractivity contribution in [2.75, 3.05) is 13.1 Å². The number of carbonyl (C=O) groups is 4. The van der Waals surface area contributed by atoms with Gasteiger partial charge in [-0.15, -0.1) is 0 Å². The highest BCUT2D eigenvalue weighted by Gasteiger charge is 2.43. The van der Waals surface area contributed by atoms with Gasteiger partial charge >= 0.3 is 17.9 Å². The number of aliphatic hydroxyl groups excluding tert-OH is 1. The lowest BCUT2D eigenvalue weighted by atomic mass is 10.9. The second-order valence-corrected chi connectivity index (χ2v) is 5.98. The standard InChI is InChI=1S/2C6H12O6.C3H7NO2.C3H6O3.C3H4O3/c2*7-1-2-3(8)4(9)5(10)6(11)12-2;3*1-2(4)3(5)6/h2*2-11H,1H2;2H,4H2,1H3,(H,5,6);2,4H,1H3,(H,5,6);1H3,(H,5,6)/t2?,3-,4+,5?,6+;2?,3-,4+,5?,6-;;;/m11.../s1/i2*1+1D2,2+1D,3+1D,4+1D,5+1D,6+1D;1+1D3,2+1;2*1+1D3,2+1,3+1. The molecule has 2 fully saturated rings. The Labute approximate surface area is 270 Å². The number of hydrogen-bond donors (Lipinski definition) is 15. The smallest absolute Gasteiger partial charge is 0.371 e. The van der Waals surface area contributed by atoms with Gasteiger partial charge in [0.25, 0.3) is 0 Å². The number of carboxylic acids is 3. The van der Waals surface area contributed by atoms with Crippen molar-refractivity contribution >= 4 is 23.7 Å². The number of ether oxygens (including phenoxy) is 2. The lowest BCUT2D eigenvalue weighted by Gasteiger charge is -2.37. The van der Waals surface area contributed by atoms with Crippen molar-refractivity contribution in [2.24, 2.45) is 5.73 Å². The summed E-state index contributed by atoms with van der Waals surface area (Å²) < 4.78 is 164. The Morgan fingerprint density at radius 2 is 1.12 bits per heavy atom. The average Bonchev–Trinajstić information content (AvgIpc) is 3.03. The second kappa shape index (κ2) is 22.1. The van der Waals surface area contributed by atoms with Crippen molar-refractivity contribution < 1.29 is 132 Å². The van der Waals surface area contributed by atoms with Gasteiger partial charge in [-0.3, -0.25) is 9.59 Å². The lowest BCUT2D eigenvalue weighted by molar-refractivity contribution is -0.286. The fraction of sp³-hybridized carbons (Fsp3) is 0.810. The monoisotopic (exact) mass is 670 g/mol. The van der Waals surface area contributed by atoms with Crippen molar-refractivity contribution in [2.45, 2.75) is 93.9 Å². The quantitative estimate of drug-likeness (QED) is 0.0953. The Kier molecular flexibility index (Phi) is 8.71. The number of rotatable bonds is 5. The third-order valence-corrected chi connectivity index (χ3v) is 3.03. The van der Waals surface area contributed by atoms with Crippen LogP contribution in [-0.4, -0.2) is 182 Å². The van der Waals surface area contributed by atoms with E-state index in [-0.39, 0.29) is 0 Å². The maximum absolute atomic E-state index is 10.0. The molecule has 0 bridgehead atoms. The van der Waals surface area contributed by atoms with E-state index in [0.29, 0.717) is 0 Å². The van der Waals surface area contributed by atoms with Crippen molar-refractivity contribution in [3.63, 3.8) is 0 Å². The Hall–Kier alpha value is -2.48. The average molecular weight is 671 g/mol. The van der Waals surface area contributed by atoms with Crippen LogP contribution in [0, 0.1) is 0 Å². The first-order valence-electron chi connectivity index (χ1n) is 20.8. The van der Waals surface area contributed by atoms with E-state index in [4.69, 9.17) is 67.9 Å². The molecule has 42 heavy (non-hydrogen) atoms. The molecule has 0 spiro atoms. The van der Waals surface area contributed by atoms with Crippen molar-refractivity contribution in [3.05, 3.63) is 0 Å². The molecule has 2 aliphatic heterocycles. The van der Waals surface area contributed by atoms with Crippen molar-refractivity contribution in [1.82, 2.24) is 0 Å². The molecular weight excluding hydrogens is 606 g/mol. The van der Waals surface area contributed by atoms with Gasteiger partial charge in [0, 0.05) is 19.2 Å². The summed E-state index contributed by atoms with van der Waals surface area (Å²) in [5.74, 6) is -6.90. The maximum atomic E-state index is 10.0. The van der Waals surface area contributed by atoms with Crippen LogP contribution >= 0.6 is 0 Å². The van der Waals surface area contributed by atoms with Crippen molar-refractivity contribution in [1.29, 1.82) is 0 Å². The molecule has 12 atom stereocenters. The fourth-order valence-electron chi connectivity index (χ4n) is 1.18. The summed E-state index contributed by atoms with van der Waals surface area (Å²) in [5, 5.41) is 126. The number of hydrogen-bond acceptors (Lipinski definition) is 18. The van der Waals surface area contributed by atoms with Crippen LogP contribution < -0.4 is 5.73 Å². The third-order valence-electron chi connectivity index (χ3n) is 3.03. The van der Waals surface area contributed by atoms with E-state index in [2.05, 4.69) is 9.47 Å². The van der Waals surface area contributed by atoms with E-state index in [9.17, 15) is 60.0 Å². The number of nitrogens with two attached hydrogens (primary N) is 1. The molecule has 0 aliphatic carbocycles. The number of ketones is 1. The van der Waals surface area contributed by atoms with Gasteiger partial charge in [-0.25, -0.2) is 9.59 Å². The first kappa shape index (κ1) is 16.6. The summed E-state index contributed by atoms with van der Waals surface area (Å²) >= 11 is 0. The maximum Gasteiger partial charge on any atom is 0.371 e. The summed E-state index contributed by atoms with van der Waals surface area (Å²) in [6, 6.07) is -1.77. The van der Waals surface area contributed by atoms with Crippen LogP contribution in [-0.2, 0) is 28.7 Å². The molecule has 0 saturated carbocycles. The molecule has 0 radical (unpaired) electrons. The molecule has 2 rings (SSSR count). The largest absolute Gasteiger partial charge is 0.480 e. The minimum atomic E-state index is -4.16. The molecule has 250 valence electrons. The van der Waals surface area contributed by atoms with Crippen molar-refractivity contribution in [3.8, 4) is 0 Å². The highest BCUT2D eigenvalue weighted by molar-refractivity contribution is 6.31. The Balaban J connectivity index is -0.000000778. The minimum absolute atomic E-state index is 1.50. The molecule has 0 aromatic carbocycles. The van der Waals surface area contributed by atoms with Gasteiger partial charge in [0.1, 0.15) is 60.8 Å². The fourth-order valence-corrected chi connectivity index (χ4v) is 1.18. The molecule has 16 N–H and O–H groups in total. The van der Waals surface area contributed by atoms with Crippen LogP contribution in [0.2, 0.25) is 0 Å². The normalized spacial score (nSPS) is 60.2. The van der Waals surface area contributed by atoms with Gasteiger partial charge < -0.3 is 86.7 Å². The highest BCUT2D eigenvalue weighted by Crippen LogP contribution is 2.20. The second-order valence-electron chi connectivity index (χ2n) is 5.98. The summed E-state index contributed by atoms with van der Waals surface area (Å²) in [7, 11) is 0. The summed E-state index contributed by atoms with van der Waals surface area (Å²) in [6.45, 7) is -16.3. The zero-order valence-corrected chi connectivity index (χ0v) is 19.9. The van der Waals surface area contributed by atoms with Crippen LogP contribution in [0.3, 0.4) is 0 Å². The highest BCUT2D eigenvalue weighted by atomic mass is 16.8. The van der Waals surface area contributed by atoms with Gasteiger partial charge in [-0.2, -0.15) is 0 Å². The predicted molar refractivity (Wildman–Crippen MR) is 131 cm³/mol. The summed E-state index contributed by atoms with van der Waals surface area (Å²) in [4.78, 5) is 39.2.